The SMILES string of the molecule is COC(=O)CC(C)C1CCCN1C(=O)OC(C)(C)C. The van der Waals surface area contributed by atoms with Crippen molar-refractivity contribution >= 4 is 12.1 Å². The van der Waals surface area contributed by atoms with Gasteiger partial charge in [0.15, 0.2) is 0 Å². The van der Waals surface area contributed by atoms with Crippen LogP contribution in [0.25, 0.3) is 0 Å². The predicted octanol–water partition coefficient (Wildman–Crippen LogP) is 2.59. The van der Waals surface area contributed by atoms with Crippen LogP contribution in [0.2, 0.25) is 0 Å². The summed E-state index contributed by atoms with van der Waals surface area (Å²) < 4.78 is 10.1. The number of nitrogens with zero attached hydrogens (tertiary/aromatic N) is 1. The Balaban J connectivity index is 2.63. The minimum Gasteiger partial charge on any atom is -0.469 e. The lowest BCUT2D eigenvalue weighted by molar-refractivity contribution is -0.142. The topological polar surface area (TPSA) is 55.8 Å². The molecule has 1 aliphatic rings. The van der Waals surface area contributed by atoms with E-state index >= 15 is 0 Å². The maximum absolute atomic E-state index is 12.1. The molecule has 1 saturated heterocycles. The molecule has 0 spiro atoms. The highest BCUT2D eigenvalue weighted by Crippen LogP contribution is 2.27. The Morgan fingerprint density at radius 1 is 1.37 bits per heavy atom. The van der Waals surface area contributed by atoms with E-state index in [1.54, 1.807) is 4.90 Å². The zero-order chi connectivity index (χ0) is 14.6. The Kier molecular flexibility index (Phi) is 5.20. The number of esters is 1. The third-order valence-electron chi connectivity index (χ3n) is 3.30. The molecule has 1 amide bonds. The van der Waals surface area contributed by atoms with E-state index in [4.69, 9.17) is 4.74 Å². The number of rotatable bonds is 3. The summed E-state index contributed by atoms with van der Waals surface area (Å²) in [5.41, 5.74) is -0.490. The van der Waals surface area contributed by atoms with Gasteiger partial charge in [0.1, 0.15) is 5.60 Å². The fourth-order valence-corrected chi connectivity index (χ4v) is 2.41. The normalized spacial score (nSPS) is 21.1. The van der Waals surface area contributed by atoms with Crippen LogP contribution in [0.3, 0.4) is 0 Å². The molecule has 1 aliphatic heterocycles. The zero-order valence-electron chi connectivity index (χ0n) is 12.6. The van der Waals surface area contributed by atoms with Crippen LogP contribution in [0.1, 0.15) is 47.0 Å². The lowest BCUT2D eigenvalue weighted by atomic mass is 9.96. The molecule has 0 bridgehead atoms. The van der Waals surface area contributed by atoms with Crippen molar-refractivity contribution in [1.82, 2.24) is 4.90 Å². The molecule has 2 unspecified atom stereocenters. The molecule has 0 N–H and O–H groups in total. The maximum Gasteiger partial charge on any atom is 0.410 e. The molecule has 0 aromatic heterocycles. The van der Waals surface area contributed by atoms with Gasteiger partial charge in [-0.3, -0.25) is 4.79 Å². The van der Waals surface area contributed by atoms with Gasteiger partial charge in [-0.1, -0.05) is 6.92 Å². The third kappa shape index (κ3) is 4.73. The van der Waals surface area contributed by atoms with Crippen LogP contribution >= 0.6 is 0 Å². The van der Waals surface area contributed by atoms with Gasteiger partial charge >= 0.3 is 12.1 Å². The number of carbonyl (C=O) groups is 2. The van der Waals surface area contributed by atoms with Gasteiger partial charge in [0.25, 0.3) is 0 Å². The number of likely N-dealkylation sites (tertiary alicyclic amines) is 1. The maximum atomic E-state index is 12.1. The summed E-state index contributed by atoms with van der Waals surface area (Å²) in [6, 6.07) is 0.0638. The standard InChI is InChI=1S/C14H25NO4/c1-10(9-12(16)18-5)11-7-6-8-15(11)13(17)19-14(2,3)4/h10-11H,6-9H2,1-5H3. The molecule has 0 saturated carbocycles. The van der Waals surface area contributed by atoms with Crippen LogP contribution in [-0.2, 0) is 14.3 Å². The average Bonchev–Trinajstić information content (AvgIpc) is 2.75. The molecule has 110 valence electrons. The molecule has 5 heteroatoms. The molecule has 1 fully saturated rings. The molecule has 5 nitrogen and oxygen atoms in total. The molecule has 0 aromatic carbocycles. The number of carbonyl (C=O) groups excluding carboxylic acids is 2. The fourth-order valence-electron chi connectivity index (χ4n) is 2.41. The summed E-state index contributed by atoms with van der Waals surface area (Å²) in [5, 5.41) is 0. The fraction of sp³-hybridized carbons (Fsp3) is 0.857. The van der Waals surface area contributed by atoms with E-state index in [1.807, 2.05) is 27.7 Å². The Morgan fingerprint density at radius 3 is 2.53 bits per heavy atom. The van der Waals surface area contributed by atoms with Crippen LogP contribution in [0, 0.1) is 5.92 Å². The summed E-state index contributed by atoms with van der Waals surface area (Å²) in [6.07, 6.45) is 1.92. The van der Waals surface area contributed by atoms with E-state index in [2.05, 4.69) is 4.74 Å². The number of methoxy groups -OCH3 is 1. The van der Waals surface area contributed by atoms with E-state index in [0.717, 1.165) is 12.8 Å². The summed E-state index contributed by atoms with van der Waals surface area (Å²) >= 11 is 0. The van der Waals surface area contributed by atoms with E-state index < -0.39 is 5.60 Å². The van der Waals surface area contributed by atoms with E-state index in [-0.39, 0.29) is 24.0 Å². The van der Waals surface area contributed by atoms with Gasteiger partial charge in [0.2, 0.25) is 0 Å². The zero-order valence-corrected chi connectivity index (χ0v) is 12.6. The molecular formula is C14H25NO4. The van der Waals surface area contributed by atoms with E-state index in [1.165, 1.54) is 7.11 Å². The first-order valence-electron chi connectivity index (χ1n) is 6.81. The van der Waals surface area contributed by atoms with Crippen molar-refractivity contribution in [2.75, 3.05) is 13.7 Å². The molecule has 1 rings (SSSR count). The van der Waals surface area contributed by atoms with Gasteiger partial charge in [-0.05, 0) is 39.5 Å². The second-order valence-electron chi connectivity index (χ2n) is 6.14. The number of hydrogen-bond acceptors (Lipinski definition) is 4. The van der Waals surface area contributed by atoms with Crippen molar-refractivity contribution in [2.45, 2.75) is 58.6 Å². The largest absolute Gasteiger partial charge is 0.469 e. The highest BCUT2D eigenvalue weighted by atomic mass is 16.6. The first-order chi connectivity index (χ1) is 8.74. The first-order valence-corrected chi connectivity index (χ1v) is 6.81. The predicted molar refractivity (Wildman–Crippen MR) is 71.8 cm³/mol. The average molecular weight is 271 g/mol. The molecule has 2 atom stereocenters. The second kappa shape index (κ2) is 6.26. The van der Waals surface area contributed by atoms with Crippen LogP contribution < -0.4 is 0 Å². The Bertz CT molecular complexity index is 335. The Labute approximate surface area is 115 Å². The van der Waals surface area contributed by atoms with Crippen LogP contribution in [0.4, 0.5) is 4.79 Å². The smallest absolute Gasteiger partial charge is 0.410 e. The summed E-state index contributed by atoms with van der Waals surface area (Å²) in [4.78, 5) is 25.2. The van der Waals surface area contributed by atoms with Gasteiger partial charge in [0.05, 0.1) is 13.5 Å². The minimum absolute atomic E-state index is 0.0638. The van der Waals surface area contributed by atoms with Gasteiger partial charge in [-0.15, -0.1) is 0 Å². The quantitative estimate of drug-likeness (QED) is 0.740. The third-order valence-corrected chi connectivity index (χ3v) is 3.30. The van der Waals surface area contributed by atoms with Crippen LogP contribution in [0.15, 0.2) is 0 Å². The van der Waals surface area contributed by atoms with Crippen molar-refractivity contribution in [1.29, 1.82) is 0 Å². The van der Waals surface area contributed by atoms with Gasteiger partial charge in [0, 0.05) is 12.6 Å². The summed E-state index contributed by atoms with van der Waals surface area (Å²) in [7, 11) is 1.38. The molecule has 19 heavy (non-hydrogen) atoms. The highest BCUT2D eigenvalue weighted by molar-refractivity contribution is 5.71. The lowest BCUT2D eigenvalue weighted by Crippen LogP contribution is -2.42. The van der Waals surface area contributed by atoms with Gasteiger partial charge in [-0.25, -0.2) is 4.79 Å². The van der Waals surface area contributed by atoms with E-state index in [9.17, 15) is 9.59 Å². The van der Waals surface area contributed by atoms with Gasteiger partial charge < -0.3 is 14.4 Å². The van der Waals surface area contributed by atoms with Crippen LogP contribution in [0.5, 0.6) is 0 Å². The second-order valence-corrected chi connectivity index (χ2v) is 6.14. The summed E-state index contributed by atoms with van der Waals surface area (Å²) in [6.45, 7) is 8.24. The van der Waals surface area contributed by atoms with Crippen molar-refractivity contribution in [3.8, 4) is 0 Å². The molecule has 0 radical (unpaired) electrons. The monoisotopic (exact) mass is 271 g/mol. The molecule has 0 aromatic rings. The van der Waals surface area contributed by atoms with Crippen molar-refractivity contribution in [3.63, 3.8) is 0 Å². The number of ether oxygens (including phenoxy) is 2. The molecule has 1 heterocycles. The highest BCUT2D eigenvalue weighted by Gasteiger charge is 2.35. The van der Waals surface area contributed by atoms with Crippen molar-refractivity contribution < 1.29 is 19.1 Å². The minimum atomic E-state index is -0.490. The molecule has 0 aliphatic carbocycles. The van der Waals surface area contributed by atoms with Crippen molar-refractivity contribution in [2.24, 2.45) is 5.92 Å². The van der Waals surface area contributed by atoms with Gasteiger partial charge in [-0.2, -0.15) is 0 Å². The van der Waals surface area contributed by atoms with E-state index in [0.29, 0.717) is 13.0 Å². The number of hydrogen-bond donors (Lipinski definition) is 0. The van der Waals surface area contributed by atoms with Crippen LogP contribution in [-0.4, -0.2) is 42.3 Å². The Hall–Kier alpha value is -1.26. The molecular weight excluding hydrogens is 246 g/mol. The lowest BCUT2D eigenvalue weighted by Gasteiger charge is -2.31. The first kappa shape index (κ1) is 15.8. The number of amides is 1. The van der Waals surface area contributed by atoms with Crippen molar-refractivity contribution in [3.05, 3.63) is 0 Å². The summed E-state index contributed by atoms with van der Waals surface area (Å²) in [5.74, 6) is -0.147. The Morgan fingerprint density at radius 2 is 2.00 bits per heavy atom.